The lowest BCUT2D eigenvalue weighted by Crippen LogP contribution is -2.43. The predicted molar refractivity (Wildman–Crippen MR) is 72.6 cm³/mol. The molecule has 2 heterocycles. The van der Waals surface area contributed by atoms with E-state index in [1.54, 1.807) is 16.5 Å². The second-order valence-electron chi connectivity index (χ2n) is 4.56. The van der Waals surface area contributed by atoms with Gasteiger partial charge in [0.15, 0.2) is 0 Å². The maximum Gasteiger partial charge on any atom is 0.326 e. The molecule has 2 aromatic rings. The van der Waals surface area contributed by atoms with Crippen LogP contribution in [0.4, 0.5) is 0 Å². The Morgan fingerprint density at radius 3 is 2.71 bits per heavy atom. The Labute approximate surface area is 119 Å². The third-order valence-corrected chi connectivity index (χ3v) is 2.94. The first-order valence-corrected chi connectivity index (χ1v) is 6.15. The summed E-state index contributed by atoms with van der Waals surface area (Å²) in [6, 6.07) is 4.00. The molecule has 1 atom stereocenters. The second-order valence-corrected chi connectivity index (χ2v) is 4.56. The van der Waals surface area contributed by atoms with Crippen molar-refractivity contribution in [1.29, 1.82) is 0 Å². The van der Waals surface area contributed by atoms with Gasteiger partial charge >= 0.3 is 5.97 Å². The summed E-state index contributed by atoms with van der Waals surface area (Å²) in [7, 11) is 0. The first-order valence-electron chi connectivity index (χ1n) is 6.15. The first-order chi connectivity index (χ1) is 9.88. The molecule has 110 valence electrons. The van der Waals surface area contributed by atoms with Gasteiger partial charge in [-0.05, 0) is 19.1 Å². The summed E-state index contributed by atoms with van der Waals surface area (Å²) >= 11 is 0. The highest BCUT2D eigenvalue weighted by Crippen LogP contribution is 2.08. The van der Waals surface area contributed by atoms with Crippen LogP contribution < -0.4 is 11.1 Å². The molecule has 8 heteroatoms. The number of aromatic nitrogens is 2. The lowest BCUT2D eigenvalue weighted by molar-refractivity contribution is -0.140. The van der Waals surface area contributed by atoms with Gasteiger partial charge < -0.3 is 20.6 Å². The number of amides is 2. The van der Waals surface area contributed by atoms with Crippen molar-refractivity contribution < 1.29 is 19.5 Å². The number of hydrogen-bond donors (Lipinski definition) is 3. The summed E-state index contributed by atoms with van der Waals surface area (Å²) in [6.45, 7) is 1.85. The number of hydrogen-bond acceptors (Lipinski definition) is 4. The minimum atomic E-state index is -1.37. The number of nitrogens with zero attached hydrogens (tertiary/aromatic N) is 2. The molecule has 21 heavy (non-hydrogen) atoms. The van der Waals surface area contributed by atoms with Crippen molar-refractivity contribution in [2.45, 2.75) is 19.4 Å². The number of carboxylic acid groups (broad SMARTS) is 1. The van der Waals surface area contributed by atoms with Gasteiger partial charge in [0.05, 0.1) is 6.42 Å². The standard InChI is InChI=1S/C13H14N4O4/c1-7-3-2-4-11-15-9(6-17(7)11)12(19)16-8(13(20)21)5-10(14)18/h2-4,6,8H,5H2,1H3,(H2,14,18)(H,16,19)(H,20,21)/t8-/m1/s1. The van der Waals surface area contributed by atoms with E-state index >= 15 is 0 Å². The molecule has 0 saturated heterocycles. The number of fused-ring (bicyclic) bond motifs is 1. The van der Waals surface area contributed by atoms with Crippen LogP contribution in [0.5, 0.6) is 0 Å². The van der Waals surface area contributed by atoms with Crippen molar-refractivity contribution in [2.75, 3.05) is 0 Å². The summed E-state index contributed by atoms with van der Waals surface area (Å²) in [5, 5.41) is 11.2. The minimum absolute atomic E-state index is 0.0695. The summed E-state index contributed by atoms with van der Waals surface area (Å²) in [6.07, 6.45) is 1.02. The molecule has 2 amide bonds. The molecule has 0 spiro atoms. The van der Waals surface area contributed by atoms with Gasteiger partial charge in [0, 0.05) is 11.9 Å². The van der Waals surface area contributed by atoms with Crippen molar-refractivity contribution >= 4 is 23.4 Å². The molecular formula is C13H14N4O4. The number of carboxylic acids is 1. The van der Waals surface area contributed by atoms with Gasteiger partial charge in [0.2, 0.25) is 5.91 Å². The Morgan fingerprint density at radius 2 is 2.14 bits per heavy atom. The van der Waals surface area contributed by atoms with Gasteiger partial charge in [-0.1, -0.05) is 6.07 Å². The maximum atomic E-state index is 12.0. The molecule has 2 rings (SSSR count). The van der Waals surface area contributed by atoms with Crippen LogP contribution in [0.2, 0.25) is 0 Å². The second kappa shape index (κ2) is 5.61. The van der Waals surface area contributed by atoms with Gasteiger partial charge in [0.25, 0.3) is 5.91 Å². The Kier molecular flexibility index (Phi) is 3.88. The van der Waals surface area contributed by atoms with Gasteiger partial charge in [-0.25, -0.2) is 9.78 Å². The molecule has 0 aliphatic heterocycles. The number of rotatable bonds is 5. The highest BCUT2D eigenvalue weighted by atomic mass is 16.4. The SMILES string of the molecule is Cc1cccc2nc(C(=O)N[C@H](CC(N)=O)C(=O)O)cn12. The molecule has 0 saturated carbocycles. The fourth-order valence-corrected chi connectivity index (χ4v) is 1.89. The zero-order valence-corrected chi connectivity index (χ0v) is 11.2. The number of nitrogens with one attached hydrogen (secondary N) is 1. The van der Waals surface area contributed by atoms with Crippen LogP contribution in [0, 0.1) is 6.92 Å². The van der Waals surface area contributed by atoms with Crippen LogP contribution in [-0.2, 0) is 9.59 Å². The van der Waals surface area contributed by atoms with E-state index in [0.717, 1.165) is 5.69 Å². The van der Waals surface area contributed by atoms with Gasteiger partial charge in [-0.15, -0.1) is 0 Å². The van der Waals surface area contributed by atoms with Crippen LogP contribution in [0.3, 0.4) is 0 Å². The summed E-state index contributed by atoms with van der Waals surface area (Å²) < 4.78 is 1.71. The predicted octanol–water partition coefficient (Wildman–Crippen LogP) is -0.299. The van der Waals surface area contributed by atoms with Crippen molar-refractivity contribution in [2.24, 2.45) is 5.73 Å². The number of carbonyl (C=O) groups excluding carboxylic acids is 2. The number of imidazole rings is 1. The molecule has 0 radical (unpaired) electrons. The van der Waals surface area contributed by atoms with Crippen LogP contribution in [-0.4, -0.2) is 38.3 Å². The van der Waals surface area contributed by atoms with Gasteiger partial charge in [-0.3, -0.25) is 9.59 Å². The normalized spacial score (nSPS) is 12.0. The number of carbonyl (C=O) groups is 3. The van der Waals surface area contributed by atoms with Crippen molar-refractivity contribution in [3.63, 3.8) is 0 Å². The molecule has 2 aromatic heterocycles. The molecule has 8 nitrogen and oxygen atoms in total. The third-order valence-electron chi connectivity index (χ3n) is 2.94. The van der Waals surface area contributed by atoms with E-state index in [1.807, 2.05) is 13.0 Å². The first kappa shape index (κ1) is 14.5. The molecule has 0 aliphatic carbocycles. The van der Waals surface area contributed by atoms with Crippen LogP contribution in [0.1, 0.15) is 22.6 Å². The number of aliphatic carboxylic acids is 1. The number of pyridine rings is 1. The van der Waals surface area contributed by atoms with Crippen LogP contribution in [0.25, 0.3) is 5.65 Å². The Bertz CT molecular complexity index is 722. The average Bonchev–Trinajstić information content (AvgIpc) is 2.82. The number of nitrogens with two attached hydrogens (primary N) is 1. The van der Waals surface area contributed by atoms with E-state index in [4.69, 9.17) is 10.8 Å². The fourth-order valence-electron chi connectivity index (χ4n) is 1.89. The zero-order chi connectivity index (χ0) is 15.6. The molecule has 0 fully saturated rings. The maximum absolute atomic E-state index is 12.0. The Balaban J connectivity index is 2.23. The summed E-state index contributed by atoms with van der Waals surface area (Å²) in [4.78, 5) is 37.9. The largest absolute Gasteiger partial charge is 0.480 e. The number of primary amides is 1. The lowest BCUT2D eigenvalue weighted by atomic mass is 10.2. The van der Waals surface area contributed by atoms with E-state index in [9.17, 15) is 14.4 Å². The monoisotopic (exact) mass is 290 g/mol. The highest BCUT2D eigenvalue weighted by Gasteiger charge is 2.23. The molecule has 0 aromatic carbocycles. The topological polar surface area (TPSA) is 127 Å². The van der Waals surface area contributed by atoms with Crippen molar-refractivity contribution in [3.05, 3.63) is 35.8 Å². The van der Waals surface area contributed by atoms with E-state index in [2.05, 4.69) is 10.3 Å². The Morgan fingerprint density at radius 1 is 1.43 bits per heavy atom. The van der Waals surface area contributed by atoms with Crippen molar-refractivity contribution in [1.82, 2.24) is 14.7 Å². The zero-order valence-electron chi connectivity index (χ0n) is 11.2. The summed E-state index contributed by atoms with van der Waals surface area (Å²) in [5.41, 5.74) is 6.47. The van der Waals surface area contributed by atoms with Crippen LogP contribution >= 0.6 is 0 Å². The molecule has 0 unspecified atom stereocenters. The Hall–Kier alpha value is -2.90. The highest BCUT2D eigenvalue weighted by molar-refractivity contribution is 5.96. The van der Waals surface area contributed by atoms with E-state index < -0.39 is 30.2 Å². The lowest BCUT2D eigenvalue weighted by Gasteiger charge is -2.11. The third kappa shape index (κ3) is 3.16. The number of aryl methyl sites for hydroxylation is 1. The van der Waals surface area contributed by atoms with E-state index in [-0.39, 0.29) is 5.69 Å². The van der Waals surface area contributed by atoms with Crippen LogP contribution in [0.15, 0.2) is 24.4 Å². The summed E-state index contributed by atoms with van der Waals surface area (Å²) in [5.74, 6) is -2.82. The molecule has 0 aliphatic rings. The smallest absolute Gasteiger partial charge is 0.326 e. The van der Waals surface area contributed by atoms with E-state index in [0.29, 0.717) is 5.65 Å². The quantitative estimate of drug-likeness (QED) is 0.696. The fraction of sp³-hybridized carbons (Fsp3) is 0.231. The molecule has 0 bridgehead atoms. The molecule has 4 N–H and O–H groups in total. The van der Waals surface area contributed by atoms with E-state index in [1.165, 1.54) is 6.20 Å². The van der Waals surface area contributed by atoms with Gasteiger partial charge in [0.1, 0.15) is 17.4 Å². The van der Waals surface area contributed by atoms with Crippen molar-refractivity contribution in [3.8, 4) is 0 Å². The average molecular weight is 290 g/mol. The molecular weight excluding hydrogens is 276 g/mol. The van der Waals surface area contributed by atoms with Gasteiger partial charge in [-0.2, -0.15) is 0 Å². The minimum Gasteiger partial charge on any atom is -0.480 e.